The second kappa shape index (κ2) is 10.1. The molecule has 0 aliphatic carbocycles. The molecule has 0 N–H and O–H groups in total. The van der Waals surface area contributed by atoms with E-state index in [2.05, 4.69) is 4.98 Å². The molecular weight excluding hydrogens is 489 g/mol. The van der Waals surface area contributed by atoms with E-state index < -0.39 is 18.4 Å². The quantitative estimate of drug-likeness (QED) is 0.176. The molecule has 0 aliphatic rings. The fourth-order valence-electron chi connectivity index (χ4n) is 3.74. The molecule has 0 spiro atoms. The van der Waals surface area contributed by atoms with Gasteiger partial charge in [-0.15, -0.1) is 0 Å². The van der Waals surface area contributed by atoms with Crippen LogP contribution < -0.4 is 5.56 Å². The average Bonchev–Trinajstić information content (AvgIpc) is 2.84. The molecule has 4 aromatic rings. The van der Waals surface area contributed by atoms with Crippen LogP contribution in [0.5, 0.6) is 0 Å². The Balaban J connectivity index is 1.44. The number of carbonyl (C=O) groups is 2. The maximum Gasteiger partial charge on any atom is 0.396 e. The van der Waals surface area contributed by atoms with E-state index in [-0.39, 0.29) is 22.5 Å². The highest BCUT2D eigenvalue weighted by Gasteiger charge is 2.31. The number of carbonyl (C=O) groups excluding carboxylic acids is 2. The van der Waals surface area contributed by atoms with E-state index in [1.807, 2.05) is 25.1 Å². The molecule has 36 heavy (non-hydrogen) atoms. The minimum Gasteiger partial charge on any atom is -0.294 e. The summed E-state index contributed by atoms with van der Waals surface area (Å²) in [6, 6.07) is 17.6. The number of Topliss-reactive ketones (excluding diaryl/α,β-unsaturated/α-hetero) is 1. The number of hydrogen-bond acceptors (Lipinski definition) is 5. The van der Waals surface area contributed by atoms with Gasteiger partial charge in [0.25, 0.3) is 5.56 Å². The van der Waals surface area contributed by atoms with Crippen LogP contribution in [0.1, 0.15) is 43.8 Å². The molecular formula is C27H21F3N2O3S. The van der Waals surface area contributed by atoms with Crippen molar-refractivity contribution in [2.75, 3.05) is 0 Å². The zero-order valence-electron chi connectivity index (χ0n) is 19.4. The maximum atomic E-state index is 12.8. The molecule has 5 nitrogen and oxygen atoms in total. The highest BCUT2D eigenvalue weighted by atomic mass is 32.2. The second-order valence-electron chi connectivity index (χ2n) is 8.33. The number of aromatic nitrogens is 2. The number of alkyl halides is 3. The zero-order valence-corrected chi connectivity index (χ0v) is 20.2. The highest BCUT2D eigenvalue weighted by Crippen LogP contribution is 2.24. The van der Waals surface area contributed by atoms with Crippen LogP contribution in [0.2, 0.25) is 0 Å². The van der Waals surface area contributed by atoms with E-state index in [9.17, 15) is 27.6 Å². The predicted molar refractivity (Wildman–Crippen MR) is 133 cm³/mol. The van der Waals surface area contributed by atoms with Crippen LogP contribution in [0.3, 0.4) is 0 Å². The first-order valence-electron chi connectivity index (χ1n) is 11.0. The van der Waals surface area contributed by atoms with E-state index in [4.69, 9.17) is 0 Å². The third-order valence-electron chi connectivity index (χ3n) is 5.69. The fraction of sp³-hybridized carbons (Fsp3) is 0.185. The molecule has 0 saturated heterocycles. The van der Waals surface area contributed by atoms with Crippen molar-refractivity contribution in [3.8, 4) is 0 Å². The van der Waals surface area contributed by atoms with Gasteiger partial charge in [0, 0.05) is 29.5 Å². The molecule has 1 heterocycles. The van der Waals surface area contributed by atoms with E-state index in [0.717, 1.165) is 11.1 Å². The van der Waals surface area contributed by atoms with Crippen molar-refractivity contribution in [1.82, 2.24) is 9.55 Å². The van der Waals surface area contributed by atoms with Gasteiger partial charge in [0.2, 0.25) is 0 Å². The highest BCUT2D eigenvalue weighted by molar-refractivity contribution is 7.98. The van der Waals surface area contributed by atoms with Gasteiger partial charge in [0.15, 0.2) is 16.7 Å². The molecule has 1 aromatic heterocycles. The van der Waals surface area contributed by atoms with Crippen molar-refractivity contribution >= 4 is 34.2 Å². The molecule has 0 bridgehead atoms. The minimum atomic E-state index is -4.58. The molecule has 0 amide bonds. The SMILES string of the molecule is Cc1cccc2nc(SCc3ccc(C(=O)c4ccc(C(=O)CC(F)(F)F)cc4)cc3)n(C)c(=O)c12. The second-order valence-corrected chi connectivity index (χ2v) is 9.28. The van der Waals surface area contributed by atoms with Crippen LogP contribution in [-0.2, 0) is 12.8 Å². The molecule has 0 atom stereocenters. The number of hydrogen-bond donors (Lipinski definition) is 0. The summed E-state index contributed by atoms with van der Waals surface area (Å²) in [7, 11) is 1.69. The average molecular weight is 511 g/mol. The molecule has 0 unspecified atom stereocenters. The van der Waals surface area contributed by atoms with Crippen LogP contribution in [0.25, 0.3) is 10.9 Å². The first kappa shape index (κ1) is 25.4. The van der Waals surface area contributed by atoms with Crippen molar-refractivity contribution in [1.29, 1.82) is 0 Å². The maximum absolute atomic E-state index is 12.8. The molecule has 4 rings (SSSR count). The largest absolute Gasteiger partial charge is 0.396 e. The van der Waals surface area contributed by atoms with Gasteiger partial charge in [-0.05, 0) is 24.1 Å². The lowest BCUT2D eigenvalue weighted by molar-refractivity contribution is -0.125. The van der Waals surface area contributed by atoms with Crippen molar-refractivity contribution in [2.24, 2.45) is 7.05 Å². The Morgan fingerprint density at radius 3 is 2.11 bits per heavy atom. The van der Waals surface area contributed by atoms with Crippen molar-refractivity contribution in [3.63, 3.8) is 0 Å². The van der Waals surface area contributed by atoms with E-state index in [1.54, 1.807) is 31.3 Å². The van der Waals surface area contributed by atoms with Crippen molar-refractivity contribution in [3.05, 3.63) is 105 Å². The number of nitrogens with zero attached hydrogens (tertiary/aromatic N) is 2. The van der Waals surface area contributed by atoms with Gasteiger partial charge in [-0.3, -0.25) is 19.0 Å². The Kier molecular flexibility index (Phi) is 7.12. The summed E-state index contributed by atoms with van der Waals surface area (Å²) in [5, 5.41) is 1.18. The zero-order chi connectivity index (χ0) is 26.0. The standard InChI is InChI=1S/C27H21F3N2O3S/c1-16-4-3-5-21-23(16)25(35)32(2)26(31-21)36-15-17-6-8-19(9-7-17)24(34)20-12-10-18(11-13-20)22(33)14-27(28,29)30/h3-13H,14-15H2,1-2H3. The molecule has 184 valence electrons. The summed E-state index contributed by atoms with van der Waals surface area (Å²) in [5.74, 6) is -0.822. The number of benzene rings is 3. The van der Waals surface area contributed by atoms with Gasteiger partial charge in [-0.2, -0.15) is 13.2 Å². The summed E-state index contributed by atoms with van der Waals surface area (Å²) in [6.07, 6.45) is -6.12. The molecule has 9 heteroatoms. The van der Waals surface area contributed by atoms with Gasteiger partial charge in [0.1, 0.15) is 6.42 Å². The van der Waals surface area contributed by atoms with Gasteiger partial charge < -0.3 is 0 Å². The summed E-state index contributed by atoms with van der Waals surface area (Å²) in [4.78, 5) is 41.8. The van der Waals surface area contributed by atoms with Crippen LogP contribution in [0.4, 0.5) is 13.2 Å². The number of halogens is 3. The normalized spacial score (nSPS) is 11.6. The first-order valence-corrected chi connectivity index (χ1v) is 11.9. The summed E-state index contributed by atoms with van der Waals surface area (Å²) >= 11 is 1.41. The Morgan fingerprint density at radius 2 is 1.50 bits per heavy atom. The Morgan fingerprint density at radius 1 is 0.917 bits per heavy atom. The first-order chi connectivity index (χ1) is 17.0. The predicted octanol–water partition coefficient (Wildman–Crippen LogP) is 5.90. The van der Waals surface area contributed by atoms with E-state index in [0.29, 0.717) is 27.4 Å². The van der Waals surface area contributed by atoms with Gasteiger partial charge in [0.05, 0.1) is 10.9 Å². The summed E-state index contributed by atoms with van der Waals surface area (Å²) in [5.41, 5.74) is 2.92. The monoisotopic (exact) mass is 510 g/mol. The van der Waals surface area contributed by atoms with E-state index >= 15 is 0 Å². The summed E-state index contributed by atoms with van der Waals surface area (Å²) in [6.45, 7) is 1.88. The number of aryl methyl sites for hydroxylation is 1. The molecule has 0 radical (unpaired) electrons. The van der Waals surface area contributed by atoms with Crippen LogP contribution in [0, 0.1) is 6.92 Å². The number of fused-ring (bicyclic) bond motifs is 1. The molecule has 0 fully saturated rings. The third kappa shape index (κ3) is 5.57. The van der Waals surface area contributed by atoms with Crippen molar-refractivity contribution < 1.29 is 22.8 Å². The Bertz CT molecular complexity index is 1510. The molecule has 0 aliphatic heterocycles. The van der Waals surface area contributed by atoms with Crippen LogP contribution in [0.15, 0.2) is 76.7 Å². The number of rotatable bonds is 7. The fourth-order valence-corrected chi connectivity index (χ4v) is 4.67. The Labute approximate surface area is 209 Å². The minimum absolute atomic E-state index is 0.0943. The van der Waals surface area contributed by atoms with Crippen molar-refractivity contribution in [2.45, 2.75) is 30.4 Å². The smallest absolute Gasteiger partial charge is 0.294 e. The van der Waals surface area contributed by atoms with Crippen LogP contribution in [-0.4, -0.2) is 27.3 Å². The molecule has 3 aromatic carbocycles. The van der Waals surface area contributed by atoms with Gasteiger partial charge in [-0.25, -0.2) is 4.98 Å². The third-order valence-corrected chi connectivity index (χ3v) is 6.79. The molecule has 0 saturated carbocycles. The lowest BCUT2D eigenvalue weighted by Crippen LogP contribution is -2.20. The summed E-state index contributed by atoms with van der Waals surface area (Å²) < 4.78 is 38.8. The lowest BCUT2D eigenvalue weighted by Gasteiger charge is -2.10. The topological polar surface area (TPSA) is 69.0 Å². The number of ketones is 2. The van der Waals surface area contributed by atoms with E-state index in [1.165, 1.54) is 40.6 Å². The Hall–Kier alpha value is -3.72. The van der Waals surface area contributed by atoms with Gasteiger partial charge in [-0.1, -0.05) is 72.4 Å². The number of thioether (sulfide) groups is 1. The van der Waals surface area contributed by atoms with Crippen LogP contribution >= 0.6 is 11.8 Å². The lowest BCUT2D eigenvalue weighted by atomic mass is 9.99. The van der Waals surface area contributed by atoms with Gasteiger partial charge >= 0.3 is 6.18 Å².